The van der Waals surface area contributed by atoms with Crippen LogP contribution in [0.5, 0.6) is 0 Å². The maximum atomic E-state index is 12.6. The quantitative estimate of drug-likeness (QED) is 0.509. The number of hydrogen-bond acceptors (Lipinski definition) is 6. The topological polar surface area (TPSA) is 66.2 Å². The van der Waals surface area contributed by atoms with Crippen LogP contribution < -0.4 is 0 Å². The number of benzene rings is 1. The zero-order chi connectivity index (χ0) is 20.9. The number of carbonyl (C=O) groups is 1. The normalized spacial score (nSPS) is 13.8. The van der Waals surface area contributed by atoms with E-state index < -0.39 is 0 Å². The molecule has 8 heteroatoms. The number of thiophene rings is 1. The molecule has 4 rings (SSSR count). The molecule has 0 bridgehead atoms. The number of aromatic nitrogens is 1. The third kappa shape index (κ3) is 4.68. The number of halogens is 1. The van der Waals surface area contributed by atoms with E-state index in [0.29, 0.717) is 41.9 Å². The molecule has 152 valence electrons. The molecule has 3 aromatic rings. The lowest BCUT2D eigenvalue weighted by atomic mass is 10.0. The third-order valence-electron chi connectivity index (χ3n) is 4.72. The molecule has 3 heterocycles. The lowest BCUT2D eigenvalue weighted by Gasteiger charge is -2.26. The highest BCUT2D eigenvalue weighted by Gasteiger charge is 2.20. The zero-order valence-electron chi connectivity index (χ0n) is 16.0. The number of ether oxygens (including phenoxy) is 1. The van der Waals surface area contributed by atoms with E-state index in [9.17, 15) is 10.1 Å². The summed E-state index contributed by atoms with van der Waals surface area (Å²) in [5.41, 5.74) is 2.93. The number of hydrogen-bond donors (Lipinski definition) is 0. The van der Waals surface area contributed by atoms with Gasteiger partial charge in [0.15, 0.2) is 0 Å². The van der Waals surface area contributed by atoms with Crippen molar-refractivity contribution < 1.29 is 9.53 Å². The van der Waals surface area contributed by atoms with Gasteiger partial charge < -0.3 is 9.64 Å². The first-order valence-corrected chi connectivity index (χ1v) is 11.6. The summed E-state index contributed by atoms with van der Waals surface area (Å²) in [5, 5.41) is 13.1. The van der Waals surface area contributed by atoms with Crippen LogP contribution in [0, 0.1) is 11.3 Å². The first-order valence-electron chi connectivity index (χ1n) is 9.39. The van der Waals surface area contributed by atoms with Gasteiger partial charge in [0, 0.05) is 23.7 Å². The lowest BCUT2D eigenvalue weighted by Crippen LogP contribution is -2.41. The van der Waals surface area contributed by atoms with Crippen molar-refractivity contribution in [2.24, 2.45) is 0 Å². The molecule has 0 aliphatic carbocycles. The summed E-state index contributed by atoms with van der Waals surface area (Å²) in [6, 6.07) is 15.6. The van der Waals surface area contributed by atoms with Gasteiger partial charge in [-0.1, -0.05) is 41.6 Å². The summed E-state index contributed by atoms with van der Waals surface area (Å²) < 4.78 is 5.31. The largest absolute Gasteiger partial charge is 0.378 e. The van der Waals surface area contributed by atoms with Gasteiger partial charge in [-0.3, -0.25) is 4.79 Å². The second-order valence-corrected chi connectivity index (χ2v) is 8.96. The Kier molecular flexibility index (Phi) is 6.70. The van der Waals surface area contributed by atoms with Gasteiger partial charge in [-0.25, -0.2) is 4.98 Å². The first-order chi connectivity index (χ1) is 14.7. The molecule has 1 fully saturated rings. The van der Waals surface area contributed by atoms with E-state index in [-0.39, 0.29) is 11.7 Å². The van der Waals surface area contributed by atoms with Crippen molar-refractivity contribution >= 4 is 40.6 Å². The SMILES string of the molecule is N#Cc1c(-c2ccc(Cl)cc2)cc(-c2cccs2)nc1SCC(=O)N1CCOCC1. The molecule has 0 atom stereocenters. The van der Waals surface area contributed by atoms with Crippen LogP contribution in [0.3, 0.4) is 0 Å². The average Bonchev–Trinajstić information content (AvgIpc) is 3.33. The van der Waals surface area contributed by atoms with Crippen LogP contribution in [0.2, 0.25) is 5.02 Å². The Labute approximate surface area is 188 Å². The van der Waals surface area contributed by atoms with Crippen molar-refractivity contribution in [3.05, 3.63) is 58.4 Å². The number of amides is 1. The minimum Gasteiger partial charge on any atom is -0.378 e. The molecule has 0 unspecified atom stereocenters. The molecule has 1 aliphatic heterocycles. The van der Waals surface area contributed by atoms with Crippen LogP contribution in [0.1, 0.15) is 5.56 Å². The van der Waals surface area contributed by atoms with Gasteiger partial charge in [0.2, 0.25) is 5.91 Å². The second-order valence-electron chi connectivity index (χ2n) is 6.61. The number of pyridine rings is 1. The van der Waals surface area contributed by atoms with Gasteiger partial charge in [0.05, 0.1) is 35.1 Å². The smallest absolute Gasteiger partial charge is 0.233 e. The predicted octanol–water partition coefficient (Wildman–Crippen LogP) is 4.95. The minimum atomic E-state index is 0.0311. The average molecular weight is 456 g/mol. The second kappa shape index (κ2) is 9.63. The van der Waals surface area contributed by atoms with E-state index >= 15 is 0 Å². The predicted molar refractivity (Wildman–Crippen MR) is 121 cm³/mol. The van der Waals surface area contributed by atoms with Gasteiger partial charge in [-0.2, -0.15) is 5.26 Å². The third-order valence-corrected chi connectivity index (χ3v) is 6.83. The number of morpholine rings is 1. The molecule has 5 nitrogen and oxygen atoms in total. The Balaban J connectivity index is 1.70. The van der Waals surface area contributed by atoms with Gasteiger partial charge in [-0.15, -0.1) is 11.3 Å². The number of nitrogens with zero attached hydrogens (tertiary/aromatic N) is 3. The molecular formula is C22H18ClN3O2S2. The standard InChI is InChI=1S/C22H18ClN3O2S2/c23-16-5-3-15(4-6-16)17-12-19(20-2-1-11-29-20)25-22(18(17)13-24)30-14-21(27)26-7-9-28-10-8-26/h1-6,11-12H,7-10,14H2. The molecule has 1 aliphatic rings. The van der Waals surface area contributed by atoms with E-state index in [1.54, 1.807) is 28.4 Å². The Morgan fingerprint density at radius 2 is 2.03 bits per heavy atom. The van der Waals surface area contributed by atoms with Crippen LogP contribution in [-0.4, -0.2) is 47.8 Å². The minimum absolute atomic E-state index is 0.0311. The molecular weight excluding hydrogens is 438 g/mol. The number of thioether (sulfide) groups is 1. The maximum absolute atomic E-state index is 12.6. The summed E-state index contributed by atoms with van der Waals surface area (Å²) in [6.45, 7) is 2.33. The van der Waals surface area contributed by atoms with Gasteiger partial charge in [0.25, 0.3) is 0 Å². The fourth-order valence-corrected chi connectivity index (χ4v) is 4.89. The van der Waals surface area contributed by atoms with Gasteiger partial charge in [-0.05, 0) is 35.2 Å². The van der Waals surface area contributed by atoms with Gasteiger partial charge in [0.1, 0.15) is 11.1 Å². The molecule has 1 amide bonds. The fraction of sp³-hybridized carbons (Fsp3) is 0.227. The molecule has 0 saturated carbocycles. The van der Waals surface area contributed by atoms with Crippen LogP contribution in [0.25, 0.3) is 21.7 Å². The van der Waals surface area contributed by atoms with E-state index in [4.69, 9.17) is 21.3 Å². The van der Waals surface area contributed by atoms with Crippen LogP contribution in [-0.2, 0) is 9.53 Å². The Hall–Kier alpha value is -2.37. The molecule has 0 radical (unpaired) electrons. The maximum Gasteiger partial charge on any atom is 0.233 e. The molecule has 30 heavy (non-hydrogen) atoms. The highest BCUT2D eigenvalue weighted by Crippen LogP contribution is 2.35. The van der Waals surface area contributed by atoms with Crippen molar-refractivity contribution in [3.63, 3.8) is 0 Å². The number of rotatable bonds is 5. The molecule has 0 spiro atoms. The van der Waals surface area contributed by atoms with Gasteiger partial charge >= 0.3 is 0 Å². The number of carbonyl (C=O) groups excluding carboxylic acids is 1. The summed E-state index contributed by atoms with van der Waals surface area (Å²) in [7, 11) is 0. The van der Waals surface area contributed by atoms with Crippen molar-refractivity contribution in [2.75, 3.05) is 32.1 Å². The van der Waals surface area contributed by atoms with E-state index in [0.717, 1.165) is 21.7 Å². The van der Waals surface area contributed by atoms with Crippen molar-refractivity contribution in [3.8, 4) is 27.8 Å². The van der Waals surface area contributed by atoms with Crippen LogP contribution in [0.15, 0.2) is 52.9 Å². The Morgan fingerprint density at radius 1 is 1.27 bits per heavy atom. The summed E-state index contributed by atoms with van der Waals surface area (Å²) in [4.78, 5) is 20.1. The Morgan fingerprint density at radius 3 is 2.70 bits per heavy atom. The monoisotopic (exact) mass is 455 g/mol. The van der Waals surface area contributed by atoms with Crippen molar-refractivity contribution in [2.45, 2.75) is 5.03 Å². The first kappa shape index (κ1) is 20.9. The highest BCUT2D eigenvalue weighted by molar-refractivity contribution is 8.00. The zero-order valence-corrected chi connectivity index (χ0v) is 18.4. The number of nitriles is 1. The van der Waals surface area contributed by atoms with E-state index in [1.807, 2.05) is 35.7 Å². The van der Waals surface area contributed by atoms with Crippen LogP contribution in [0.4, 0.5) is 0 Å². The summed E-state index contributed by atoms with van der Waals surface area (Å²) in [5.74, 6) is 0.263. The van der Waals surface area contributed by atoms with Crippen molar-refractivity contribution in [1.29, 1.82) is 5.26 Å². The lowest BCUT2D eigenvalue weighted by molar-refractivity contribution is -0.132. The van der Waals surface area contributed by atoms with E-state index in [1.165, 1.54) is 11.8 Å². The summed E-state index contributed by atoms with van der Waals surface area (Å²) >= 11 is 8.94. The Bertz CT molecular complexity index is 1070. The van der Waals surface area contributed by atoms with Crippen LogP contribution >= 0.6 is 34.7 Å². The fourth-order valence-electron chi connectivity index (χ4n) is 3.18. The molecule has 1 aromatic carbocycles. The highest BCUT2D eigenvalue weighted by atomic mass is 35.5. The summed E-state index contributed by atoms with van der Waals surface area (Å²) in [6.07, 6.45) is 0. The van der Waals surface area contributed by atoms with Crippen molar-refractivity contribution in [1.82, 2.24) is 9.88 Å². The molecule has 1 saturated heterocycles. The molecule has 2 aromatic heterocycles. The molecule has 0 N–H and O–H groups in total. The van der Waals surface area contributed by atoms with E-state index in [2.05, 4.69) is 6.07 Å².